The number of rotatable bonds is 3. The highest BCUT2D eigenvalue weighted by Crippen LogP contribution is 2.39. The van der Waals surface area contributed by atoms with Gasteiger partial charge in [-0.15, -0.1) is 0 Å². The summed E-state index contributed by atoms with van der Waals surface area (Å²) in [5, 5.41) is 11.6. The number of halogens is 1. The van der Waals surface area contributed by atoms with E-state index < -0.39 is 0 Å². The van der Waals surface area contributed by atoms with E-state index in [4.69, 9.17) is 16.6 Å². The molecule has 0 spiro atoms. The zero-order valence-corrected chi connectivity index (χ0v) is 16.0. The second kappa shape index (κ2) is 6.68. The van der Waals surface area contributed by atoms with Crippen molar-refractivity contribution in [3.8, 4) is 6.07 Å². The Morgan fingerprint density at radius 1 is 1.15 bits per heavy atom. The van der Waals surface area contributed by atoms with Crippen LogP contribution in [0.15, 0.2) is 59.6 Å². The van der Waals surface area contributed by atoms with Crippen molar-refractivity contribution in [2.75, 3.05) is 0 Å². The van der Waals surface area contributed by atoms with E-state index in [-0.39, 0.29) is 5.25 Å². The van der Waals surface area contributed by atoms with Gasteiger partial charge in [0.2, 0.25) is 0 Å². The summed E-state index contributed by atoms with van der Waals surface area (Å²) in [6.45, 7) is 4.10. The van der Waals surface area contributed by atoms with E-state index in [0.717, 1.165) is 32.2 Å². The minimum absolute atomic E-state index is 0.167. The van der Waals surface area contributed by atoms with Crippen LogP contribution in [0.3, 0.4) is 0 Å². The van der Waals surface area contributed by atoms with E-state index in [0.29, 0.717) is 11.2 Å². The van der Waals surface area contributed by atoms with Gasteiger partial charge >= 0.3 is 0 Å². The smallest absolute Gasteiger partial charge is 0.157 e. The maximum Gasteiger partial charge on any atom is 0.157 e. The van der Waals surface area contributed by atoms with E-state index in [9.17, 15) is 5.26 Å². The second-order valence-corrected chi connectivity index (χ2v) is 7.96. The van der Waals surface area contributed by atoms with Crippen LogP contribution in [0.25, 0.3) is 16.7 Å². The molecule has 0 amide bonds. The van der Waals surface area contributed by atoms with Crippen molar-refractivity contribution in [3.05, 3.63) is 76.3 Å². The second-order valence-electron chi connectivity index (χ2n) is 6.19. The number of hydrogen-bond acceptors (Lipinski definition) is 3. The highest BCUT2D eigenvalue weighted by molar-refractivity contribution is 7.99. The number of aromatic nitrogens is 2. The first-order chi connectivity index (χ1) is 12.6. The summed E-state index contributed by atoms with van der Waals surface area (Å²) in [6.07, 6.45) is 0. The number of thioether (sulfide) groups is 1. The van der Waals surface area contributed by atoms with Gasteiger partial charge in [0, 0.05) is 10.3 Å². The van der Waals surface area contributed by atoms with Crippen molar-refractivity contribution >= 4 is 40.0 Å². The van der Waals surface area contributed by atoms with Crippen LogP contribution in [0.1, 0.15) is 28.9 Å². The molecule has 0 saturated heterocycles. The lowest BCUT2D eigenvalue weighted by Crippen LogP contribution is -1.99. The number of nitriles is 1. The first-order valence-electron chi connectivity index (χ1n) is 8.32. The molecule has 0 saturated carbocycles. The Hall–Kier alpha value is -2.48. The van der Waals surface area contributed by atoms with Crippen molar-refractivity contribution in [3.63, 3.8) is 0 Å². The van der Waals surface area contributed by atoms with Crippen LogP contribution in [0.5, 0.6) is 0 Å². The summed E-state index contributed by atoms with van der Waals surface area (Å²) in [6, 6.07) is 20.3. The van der Waals surface area contributed by atoms with Gasteiger partial charge in [0.25, 0.3) is 0 Å². The van der Waals surface area contributed by atoms with E-state index in [1.54, 1.807) is 11.8 Å². The molecule has 0 unspecified atom stereocenters. The number of fused-ring (bicyclic) bond motifs is 3. The third kappa shape index (κ3) is 2.74. The van der Waals surface area contributed by atoms with E-state index in [1.165, 1.54) is 0 Å². The largest absolute Gasteiger partial charge is 0.286 e. The molecule has 128 valence electrons. The van der Waals surface area contributed by atoms with Gasteiger partial charge in [-0.2, -0.15) is 5.26 Å². The maximum absolute atomic E-state index is 9.60. The molecule has 2 aromatic heterocycles. The Morgan fingerprint density at radius 3 is 2.65 bits per heavy atom. The molecule has 0 aliphatic carbocycles. The lowest BCUT2D eigenvalue weighted by atomic mass is 10.2. The fraction of sp³-hybridized carbons (Fsp3) is 0.143. The van der Waals surface area contributed by atoms with Crippen LogP contribution in [-0.2, 0) is 0 Å². The number of para-hydroxylation sites is 2. The molecule has 3 nitrogen and oxygen atoms in total. The summed E-state index contributed by atoms with van der Waals surface area (Å²) < 4.78 is 2.08. The molecular formula is C21H16ClN3S. The van der Waals surface area contributed by atoms with Crippen LogP contribution >= 0.6 is 23.4 Å². The van der Waals surface area contributed by atoms with Crippen molar-refractivity contribution in [2.24, 2.45) is 0 Å². The van der Waals surface area contributed by atoms with Gasteiger partial charge in [0.15, 0.2) is 5.65 Å². The summed E-state index contributed by atoms with van der Waals surface area (Å²) in [5.41, 5.74) is 5.26. The molecule has 0 radical (unpaired) electrons. The third-order valence-electron chi connectivity index (χ3n) is 4.49. The van der Waals surface area contributed by atoms with Crippen LogP contribution in [-0.4, -0.2) is 9.38 Å². The summed E-state index contributed by atoms with van der Waals surface area (Å²) in [4.78, 5) is 4.71. The molecule has 0 N–H and O–H groups in total. The quantitative estimate of drug-likeness (QED) is 0.400. The Morgan fingerprint density at radius 2 is 1.88 bits per heavy atom. The SMILES string of the molecule is Cc1cc(S[C@@H](C)c2ccccc2Cl)n2c(nc3ccccc32)c1C#N. The van der Waals surface area contributed by atoms with Crippen LogP contribution in [0.4, 0.5) is 0 Å². The topological polar surface area (TPSA) is 41.1 Å². The Labute approximate surface area is 161 Å². The molecule has 26 heavy (non-hydrogen) atoms. The molecule has 4 aromatic rings. The number of nitrogens with zero attached hydrogens (tertiary/aromatic N) is 3. The average molecular weight is 378 g/mol. The van der Waals surface area contributed by atoms with Gasteiger partial charge in [-0.1, -0.05) is 53.7 Å². The number of aryl methyl sites for hydroxylation is 1. The Bertz CT molecular complexity index is 1170. The lowest BCUT2D eigenvalue weighted by molar-refractivity contribution is 1.01. The van der Waals surface area contributed by atoms with Gasteiger partial charge in [-0.05, 0) is 49.2 Å². The van der Waals surface area contributed by atoms with Crippen molar-refractivity contribution in [2.45, 2.75) is 24.1 Å². The number of imidazole rings is 1. The summed E-state index contributed by atoms with van der Waals surface area (Å²) >= 11 is 8.10. The molecule has 1 atom stereocenters. The zero-order valence-electron chi connectivity index (χ0n) is 14.4. The van der Waals surface area contributed by atoms with Gasteiger partial charge in [0.1, 0.15) is 6.07 Å². The highest BCUT2D eigenvalue weighted by Gasteiger charge is 2.18. The first kappa shape index (κ1) is 17.0. The molecule has 0 bridgehead atoms. The molecular weight excluding hydrogens is 362 g/mol. The molecule has 2 aromatic carbocycles. The minimum Gasteiger partial charge on any atom is -0.286 e. The number of hydrogen-bond donors (Lipinski definition) is 0. The predicted octanol–water partition coefficient (Wildman–Crippen LogP) is 6.17. The average Bonchev–Trinajstić information content (AvgIpc) is 3.01. The molecule has 2 heterocycles. The number of benzene rings is 2. The minimum atomic E-state index is 0.167. The third-order valence-corrected chi connectivity index (χ3v) is 5.99. The van der Waals surface area contributed by atoms with Crippen LogP contribution in [0.2, 0.25) is 5.02 Å². The molecule has 0 aliphatic heterocycles. The Kier molecular flexibility index (Phi) is 4.36. The van der Waals surface area contributed by atoms with Gasteiger partial charge in [0.05, 0.1) is 21.6 Å². The van der Waals surface area contributed by atoms with Crippen LogP contribution in [0, 0.1) is 18.3 Å². The van der Waals surface area contributed by atoms with Gasteiger partial charge < -0.3 is 0 Å². The predicted molar refractivity (Wildman–Crippen MR) is 108 cm³/mol. The fourth-order valence-corrected chi connectivity index (χ4v) is 4.78. The van der Waals surface area contributed by atoms with Gasteiger partial charge in [-0.3, -0.25) is 4.40 Å². The standard InChI is InChI=1S/C21H16ClN3S/c1-13-11-20(26-14(2)15-7-3-4-8-17(15)22)25-19-10-6-5-9-18(19)24-21(25)16(13)12-23/h3-11,14H,1-2H3/t14-/m0/s1. The number of pyridine rings is 1. The molecule has 4 rings (SSSR count). The molecule has 0 aliphatic rings. The Balaban J connectivity index is 1.93. The summed E-state index contributed by atoms with van der Waals surface area (Å²) in [7, 11) is 0. The summed E-state index contributed by atoms with van der Waals surface area (Å²) in [5.74, 6) is 0. The molecule has 5 heteroatoms. The van der Waals surface area contributed by atoms with E-state index >= 15 is 0 Å². The van der Waals surface area contributed by atoms with Crippen molar-refractivity contribution in [1.29, 1.82) is 5.26 Å². The monoisotopic (exact) mass is 377 g/mol. The lowest BCUT2D eigenvalue weighted by Gasteiger charge is -2.16. The zero-order chi connectivity index (χ0) is 18.3. The molecule has 0 fully saturated rings. The van der Waals surface area contributed by atoms with Crippen molar-refractivity contribution < 1.29 is 0 Å². The van der Waals surface area contributed by atoms with E-state index in [2.05, 4.69) is 29.5 Å². The van der Waals surface area contributed by atoms with E-state index in [1.807, 2.05) is 49.4 Å². The first-order valence-corrected chi connectivity index (χ1v) is 9.58. The normalized spacial score (nSPS) is 12.4. The van der Waals surface area contributed by atoms with Crippen molar-refractivity contribution in [1.82, 2.24) is 9.38 Å². The van der Waals surface area contributed by atoms with Crippen LogP contribution < -0.4 is 0 Å². The highest BCUT2D eigenvalue weighted by atomic mass is 35.5. The van der Waals surface area contributed by atoms with Gasteiger partial charge in [-0.25, -0.2) is 4.98 Å². The fourth-order valence-electron chi connectivity index (χ4n) is 3.19. The maximum atomic E-state index is 9.60.